The maximum absolute atomic E-state index is 12.9. The van der Waals surface area contributed by atoms with Gasteiger partial charge in [0.15, 0.2) is 0 Å². The van der Waals surface area contributed by atoms with Crippen LogP contribution in [0.5, 0.6) is 0 Å². The molecular formula is C15H24ClFN2O3S. The molecule has 1 aromatic rings. The Labute approximate surface area is 143 Å². The number of sulfonamides is 1. The van der Waals surface area contributed by atoms with Gasteiger partial charge in [-0.05, 0) is 43.6 Å². The number of hydrogen-bond acceptors (Lipinski definition) is 4. The van der Waals surface area contributed by atoms with Crippen molar-refractivity contribution in [3.05, 3.63) is 35.6 Å². The minimum Gasteiger partial charge on any atom is -0.384 e. The third-order valence-corrected chi connectivity index (χ3v) is 5.35. The van der Waals surface area contributed by atoms with Gasteiger partial charge in [0.05, 0.1) is 12.4 Å². The van der Waals surface area contributed by atoms with Crippen LogP contribution in [0, 0.1) is 11.2 Å². The first kappa shape index (κ1) is 20.3. The molecule has 0 atom stereocenters. The van der Waals surface area contributed by atoms with E-state index < -0.39 is 10.0 Å². The fourth-order valence-electron chi connectivity index (χ4n) is 2.75. The average Bonchev–Trinajstić information content (AvgIpc) is 2.49. The predicted octanol–water partition coefficient (Wildman–Crippen LogP) is 1.68. The largest absolute Gasteiger partial charge is 0.384 e. The molecule has 0 bridgehead atoms. The number of benzene rings is 1. The summed E-state index contributed by atoms with van der Waals surface area (Å²) in [6.45, 7) is 2.63. The first-order valence-corrected chi connectivity index (χ1v) is 9.01. The summed E-state index contributed by atoms with van der Waals surface area (Å²) in [5.74, 6) is -0.517. The number of hydrogen-bond donors (Lipinski definition) is 2. The van der Waals surface area contributed by atoms with E-state index in [1.807, 2.05) is 0 Å². The van der Waals surface area contributed by atoms with Crippen LogP contribution < -0.4 is 10.0 Å². The van der Waals surface area contributed by atoms with Crippen molar-refractivity contribution >= 4 is 22.4 Å². The van der Waals surface area contributed by atoms with Crippen molar-refractivity contribution < 1.29 is 17.5 Å². The van der Waals surface area contributed by atoms with Crippen molar-refractivity contribution in [2.24, 2.45) is 5.41 Å². The van der Waals surface area contributed by atoms with Gasteiger partial charge in [-0.15, -0.1) is 12.4 Å². The van der Waals surface area contributed by atoms with Gasteiger partial charge in [0.2, 0.25) is 10.0 Å². The summed E-state index contributed by atoms with van der Waals surface area (Å²) < 4.78 is 45.3. The van der Waals surface area contributed by atoms with Crippen LogP contribution in [-0.2, 0) is 20.5 Å². The number of halogens is 2. The molecular weight excluding hydrogens is 343 g/mol. The van der Waals surface area contributed by atoms with Gasteiger partial charge in [-0.2, -0.15) is 0 Å². The molecule has 0 amide bonds. The Morgan fingerprint density at radius 1 is 1.26 bits per heavy atom. The average molecular weight is 367 g/mol. The van der Waals surface area contributed by atoms with Gasteiger partial charge >= 0.3 is 0 Å². The maximum atomic E-state index is 12.9. The highest BCUT2D eigenvalue weighted by molar-refractivity contribution is 7.88. The Kier molecular flexibility index (Phi) is 7.89. The number of methoxy groups -OCH3 is 1. The summed E-state index contributed by atoms with van der Waals surface area (Å²) in [5, 5.41) is 3.27. The minimum absolute atomic E-state index is 0. The van der Waals surface area contributed by atoms with E-state index in [-0.39, 0.29) is 29.4 Å². The topological polar surface area (TPSA) is 67.4 Å². The van der Waals surface area contributed by atoms with Crippen molar-refractivity contribution in [2.45, 2.75) is 18.6 Å². The standard InChI is InChI=1S/C15H23FN2O3S.ClH/c1-21-12-15(6-8-17-9-7-15)11-18-22(19,20)10-13-2-4-14(16)5-3-13;/h2-5,17-18H,6-12H2,1H3;1H. The smallest absolute Gasteiger partial charge is 0.215 e. The zero-order valence-electron chi connectivity index (χ0n) is 13.2. The van der Waals surface area contributed by atoms with Crippen LogP contribution in [0.1, 0.15) is 18.4 Å². The predicted molar refractivity (Wildman–Crippen MR) is 90.7 cm³/mol. The van der Waals surface area contributed by atoms with E-state index in [4.69, 9.17) is 4.74 Å². The van der Waals surface area contributed by atoms with Crippen molar-refractivity contribution in [3.63, 3.8) is 0 Å². The molecule has 0 aliphatic carbocycles. The van der Waals surface area contributed by atoms with Crippen LogP contribution in [0.2, 0.25) is 0 Å². The highest BCUT2D eigenvalue weighted by Gasteiger charge is 2.33. The highest BCUT2D eigenvalue weighted by Crippen LogP contribution is 2.28. The zero-order valence-corrected chi connectivity index (χ0v) is 14.8. The lowest BCUT2D eigenvalue weighted by Crippen LogP contribution is -2.47. The summed E-state index contributed by atoms with van der Waals surface area (Å²) in [5.41, 5.74) is 0.413. The zero-order chi connectivity index (χ0) is 16.1. The van der Waals surface area contributed by atoms with E-state index >= 15 is 0 Å². The van der Waals surface area contributed by atoms with Crippen LogP contribution in [0.3, 0.4) is 0 Å². The van der Waals surface area contributed by atoms with E-state index in [0.717, 1.165) is 25.9 Å². The Hall–Kier alpha value is -0.730. The van der Waals surface area contributed by atoms with E-state index in [9.17, 15) is 12.8 Å². The SMILES string of the molecule is COCC1(CNS(=O)(=O)Cc2ccc(F)cc2)CCNCC1.Cl. The molecule has 8 heteroatoms. The van der Waals surface area contributed by atoms with E-state index in [1.54, 1.807) is 7.11 Å². The van der Waals surface area contributed by atoms with E-state index in [2.05, 4.69) is 10.0 Å². The van der Waals surface area contributed by atoms with Gasteiger partial charge < -0.3 is 10.1 Å². The normalized spacial score (nSPS) is 17.5. The van der Waals surface area contributed by atoms with Crippen molar-refractivity contribution in [1.82, 2.24) is 10.0 Å². The molecule has 23 heavy (non-hydrogen) atoms. The molecule has 1 aliphatic heterocycles. The van der Waals surface area contributed by atoms with Crippen LogP contribution in [0.4, 0.5) is 4.39 Å². The second-order valence-corrected chi connectivity index (χ2v) is 7.70. The molecule has 132 valence electrons. The van der Waals surface area contributed by atoms with Crippen molar-refractivity contribution in [2.75, 3.05) is 33.4 Å². The lowest BCUT2D eigenvalue weighted by atomic mass is 9.80. The van der Waals surface area contributed by atoms with Crippen molar-refractivity contribution in [3.8, 4) is 0 Å². The molecule has 2 N–H and O–H groups in total. The molecule has 1 saturated heterocycles. The Balaban J connectivity index is 0.00000264. The minimum atomic E-state index is -3.45. The summed E-state index contributed by atoms with van der Waals surface area (Å²) in [6.07, 6.45) is 1.75. The molecule has 1 aromatic carbocycles. The highest BCUT2D eigenvalue weighted by atomic mass is 35.5. The van der Waals surface area contributed by atoms with Gasteiger partial charge in [0.25, 0.3) is 0 Å². The molecule has 5 nitrogen and oxygen atoms in total. The molecule has 1 fully saturated rings. The molecule has 1 aliphatic rings. The van der Waals surface area contributed by atoms with Crippen LogP contribution in [0.25, 0.3) is 0 Å². The molecule has 0 radical (unpaired) electrons. The third-order valence-electron chi connectivity index (χ3n) is 4.05. The molecule has 0 unspecified atom stereocenters. The first-order chi connectivity index (χ1) is 10.4. The molecule has 0 spiro atoms. The third kappa shape index (κ3) is 6.35. The first-order valence-electron chi connectivity index (χ1n) is 7.36. The maximum Gasteiger partial charge on any atom is 0.215 e. The monoisotopic (exact) mass is 366 g/mol. The number of nitrogens with one attached hydrogen (secondary N) is 2. The van der Waals surface area contributed by atoms with Crippen LogP contribution in [-0.4, -0.2) is 41.8 Å². The van der Waals surface area contributed by atoms with Gasteiger partial charge in [0.1, 0.15) is 5.82 Å². The van der Waals surface area contributed by atoms with Crippen LogP contribution >= 0.6 is 12.4 Å². The second kappa shape index (κ2) is 8.94. The van der Waals surface area contributed by atoms with Gasteiger partial charge in [-0.25, -0.2) is 17.5 Å². The summed E-state index contributed by atoms with van der Waals surface area (Å²) >= 11 is 0. The summed E-state index contributed by atoms with van der Waals surface area (Å²) in [4.78, 5) is 0. The number of ether oxygens (including phenoxy) is 1. The second-order valence-electron chi connectivity index (χ2n) is 5.89. The molecule has 2 rings (SSSR count). The fraction of sp³-hybridized carbons (Fsp3) is 0.600. The molecule has 1 heterocycles. The van der Waals surface area contributed by atoms with Gasteiger partial charge in [-0.1, -0.05) is 12.1 Å². The van der Waals surface area contributed by atoms with E-state index in [1.165, 1.54) is 24.3 Å². The lowest BCUT2D eigenvalue weighted by molar-refractivity contribution is 0.0577. The van der Waals surface area contributed by atoms with Gasteiger partial charge in [0, 0.05) is 19.1 Å². The van der Waals surface area contributed by atoms with Crippen molar-refractivity contribution in [1.29, 1.82) is 0 Å². The Morgan fingerprint density at radius 2 is 1.87 bits per heavy atom. The van der Waals surface area contributed by atoms with E-state index in [0.29, 0.717) is 18.7 Å². The quantitative estimate of drug-likeness (QED) is 0.770. The lowest BCUT2D eigenvalue weighted by Gasteiger charge is -2.37. The summed E-state index contributed by atoms with van der Waals surface area (Å²) in [6, 6.07) is 5.52. The number of rotatable bonds is 7. The Morgan fingerprint density at radius 3 is 2.43 bits per heavy atom. The van der Waals surface area contributed by atoms with Gasteiger partial charge in [-0.3, -0.25) is 0 Å². The van der Waals surface area contributed by atoms with Crippen LogP contribution in [0.15, 0.2) is 24.3 Å². The Bertz CT molecular complexity index is 569. The fourth-order valence-corrected chi connectivity index (χ4v) is 4.01. The molecule has 0 saturated carbocycles. The number of piperidine rings is 1. The molecule has 0 aromatic heterocycles. The summed E-state index contributed by atoms with van der Waals surface area (Å²) in [7, 11) is -1.82.